The summed E-state index contributed by atoms with van der Waals surface area (Å²) in [7, 11) is 0. The molecule has 0 unspecified atom stereocenters. The molecule has 31 heavy (non-hydrogen) atoms. The summed E-state index contributed by atoms with van der Waals surface area (Å²) >= 11 is 0. The van der Waals surface area contributed by atoms with E-state index in [9.17, 15) is 4.79 Å². The standard InChI is InChI=1S/C23H28N6O2/c1-15(2)23-28-27-21(31-23)4-5-22(30)29-8-6-17(7-9-29)20-11-18(10-16(3)26-20)19-12-24-14-25-13-19/h10-15,17H,4-9H2,1-3H3. The number of hydrogen-bond donors (Lipinski definition) is 0. The van der Waals surface area contributed by atoms with E-state index in [1.807, 2.05) is 38.1 Å². The van der Waals surface area contributed by atoms with E-state index >= 15 is 0 Å². The van der Waals surface area contributed by atoms with Crippen LogP contribution >= 0.6 is 0 Å². The topological polar surface area (TPSA) is 97.9 Å². The minimum atomic E-state index is 0.141. The number of nitrogens with zero attached hydrogens (tertiary/aromatic N) is 6. The van der Waals surface area contributed by atoms with Crippen LogP contribution in [-0.4, -0.2) is 49.0 Å². The van der Waals surface area contributed by atoms with Gasteiger partial charge in [0.1, 0.15) is 6.33 Å². The summed E-state index contributed by atoms with van der Waals surface area (Å²) in [6, 6.07) is 4.19. The number of aryl methyl sites for hydroxylation is 2. The maximum atomic E-state index is 12.7. The fourth-order valence-electron chi connectivity index (χ4n) is 3.92. The number of rotatable bonds is 6. The first-order chi connectivity index (χ1) is 15.0. The van der Waals surface area contributed by atoms with E-state index in [-0.39, 0.29) is 11.8 Å². The van der Waals surface area contributed by atoms with Gasteiger partial charge in [0.15, 0.2) is 0 Å². The largest absolute Gasteiger partial charge is 0.425 e. The van der Waals surface area contributed by atoms with E-state index in [2.05, 4.69) is 32.3 Å². The minimum absolute atomic E-state index is 0.141. The molecule has 8 nitrogen and oxygen atoms in total. The first-order valence-corrected chi connectivity index (χ1v) is 10.8. The van der Waals surface area contributed by atoms with Crippen molar-refractivity contribution >= 4 is 5.91 Å². The molecule has 1 fully saturated rings. The molecule has 1 aliphatic heterocycles. The van der Waals surface area contributed by atoms with E-state index in [0.717, 1.165) is 48.4 Å². The molecule has 4 rings (SSSR count). The monoisotopic (exact) mass is 420 g/mol. The maximum absolute atomic E-state index is 12.7. The third kappa shape index (κ3) is 5.13. The molecule has 1 amide bonds. The second-order valence-corrected chi connectivity index (χ2v) is 8.39. The molecule has 0 atom stereocenters. The molecule has 0 radical (unpaired) electrons. The number of carbonyl (C=O) groups is 1. The molecule has 1 aliphatic rings. The Hall–Kier alpha value is -3.16. The number of hydrogen-bond acceptors (Lipinski definition) is 7. The molecule has 3 aromatic rings. The number of piperidine rings is 1. The van der Waals surface area contributed by atoms with Gasteiger partial charge in [0.05, 0.1) is 0 Å². The van der Waals surface area contributed by atoms with E-state index in [0.29, 0.717) is 30.5 Å². The van der Waals surface area contributed by atoms with Gasteiger partial charge in [-0.2, -0.15) is 0 Å². The minimum Gasteiger partial charge on any atom is -0.425 e. The highest BCUT2D eigenvalue weighted by Gasteiger charge is 2.25. The van der Waals surface area contributed by atoms with Crippen LogP contribution in [-0.2, 0) is 11.2 Å². The number of aromatic nitrogens is 5. The van der Waals surface area contributed by atoms with Crippen LogP contribution in [0.1, 0.15) is 68.1 Å². The lowest BCUT2D eigenvalue weighted by atomic mass is 9.91. The average Bonchev–Trinajstić information content (AvgIpc) is 3.27. The van der Waals surface area contributed by atoms with Gasteiger partial charge in [0, 0.05) is 67.1 Å². The molecule has 0 spiro atoms. The van der Waals surface area contributed by atoms with Crippen LogP contribution < -0.4 is 0 Å². The van der Waals surface area contributed by atoms with Gasteiger partial charge in [-0.3, -0.25) is 9.78 Å². The number of carbonyl (C=O) groups excluding carboxylic acids is 1. The molecule has 0 saturated carbocycles. The van der Waals surface area contributed by atoms with Gasteiger partial charge in [-0.15, -0.1) is 10.2 Å². The Labute approximate surface area is 182 Å². The Morgan fingerprint density at radius 1 is 1.13 bits per heavy atom. The zero-order valence-electron chi connectivity index (χ0n) is 18.3. The summed E-state index contributed by atoms with van der Waals surface area (Å²) in [4.78, 5) is 27.6. The molecule has 0 aliphatic carbocycles. The van der Waals surface area contributed by atoms with Crippen molar-refractivity contribution in [1.29, 1.82) is 0 Å². The molecule has 8 heteroatoms. The van der Waals surface area contributed by atoms with Gasteiger partial charge < -0.3 is 9.32 Å². The Balaban J connectivity index is 1.34. The summed E-state index contributed by atoms with van der Waals surface area (Å²) in [5.74, 6) is 1.84. The molecular formula is C23H28N6O2. The smallest absolute Gasteiger partial charge is 0.223 e. The molecule has 1 saturated heterocycles. The lowest BCUT2D eigenvalue weighted by molar-refractivity contribution is -0.132. The van der Waals surface area contributed by atoms with Crippen LogP contribution in [0, 0.1) is 6.92 Å². The third-order valence-corrected chi connectivity index (χ3v) is 5.66. The van der Waals surface area contributed by atoms with Crippen molar-refractivity contribution in [3.8, 4) is 11.1 Å². The normalized spacial score (nSPS) is 14.9. The van der Waals surface area contributed by atoms with E-state index in [1.54, 1.807) is 0 Å². The molecule has 4 heterocycles. The van der Waals surface area contributed by atoms with Crippen molar-refractivity contribution in [1.82, 2.24) is 30.0 Å². The Kier molecular flexibility index (Phi) is 6.34. The van der Waals surface area contributed by atoms with Crippen LogP contribution in [0.25, 0.3) is 11.1 Å². The second kappa shape index (κ2) is 9.32. The van der Waals surface area contributed by atoms with Crippen LogP contribution in [0.3, 0.4) is 0 Å². The fourth-order valence-corrected chi connectivity index (χ4v) is 3.92. The highest BCUT2D eigenvalue weighted by molar-refractivity contribution is 5.76. The van der Waals surface area contributed by atoms with Crippen molar-refractivity contribution in [2.75, 3.05) is 13.1 Å². The highest BCUT2D eigenvalue weighted by Crippen LogP contribution is 2.30. The van der Waals surface area contributed by atoms with Crippen molar-refractivity contribution in [2.45, 2.75) is 58.3 Å². The second-order valence-electron chi connectivity index (χ2n) is 8.39. The molecule has 162 valence electrons. The summed E-state index contributed by atoms with van der Waals surface area (Å²) in [5.41, 5.74) is 4.14. The first-order valence-electron chi connectivity index (χ1n) is 10.8. The Bertz CT molecular complexity index is 1030. The Morgan fingerprint density at radius 2 is 1.87 bits per heavy atom. The SMILES string of the molecule is Cc1cc(-c2cncnc2)cc(C2CCN(C(=O)CCc3nnc(C(C)C)o3)CC2)n1. The molecule has 0 aromatic carbocycles. The van der Waals surface area contributed by atoms with E-state index in [4.69, 9.17) is 9.40 Å². The van der Waals surface area contributed by atoms with Gasteiger partial charge in [0.2, 0.25) is 17.7 Å². The predicted molar refractivity (Wildman–Crippen MR) is 115 cm³/mol. The number of amides is 1. The molecule has 0 N–H and O–H groups in total. The summed E-state index contributed by atoms with van der Waals surface area (Å²) in [6.07, 6.45) is 7.87. The van der Waals surface area contributed by atoms with Crippen LogP contribution in [0.15, 0.2) is 35.3 Å². The lowest BCUT2D eigenvalue weighted by Crippen LogP contribution is -2.38. The maximum Gasteiger partial charge on any atom is 0.223 e. The summed E-state index contributed by atoms with van der Waals surface area (Å²) < 4.78 is 5.61. The third-order valence-electron chi connectivity index (χ3n) is 5.66. The van der Waals surface area contributed by atoms with Crippen molar-refractivity contribution in [3.05, 3.63) is 54.0 Å². The van der Waals surface area contributed by atoms with Gasteiger partial charge in [0.25, 0.3) is 0 Å². The zero-order chi connectivity index (χ0) is 21.8. The van der Waals surface area contributed by atoms with E-state index in [1.165, 1.54) is 6.33 Å². The van der Waals surface area contributed by atoms with Gasteiger partial charge in [-0.25, -0.2) is 9.97 Å². The van der Waals surface area contributed by atoms with E-state index < -0.39 is 0 Å². The molecule has 3 aromatic heterocycles. The molecule has 0 bridgehead atoms. The summed E-state index contributed by atoms with van der Waals surface area (Å²) in [5, 5.41) is 8.07. The van der Waals surface area contributed by atoms with Gasteiger partial charge in [-0.1, -0.05) is 13.8 Å². The first kappa shape index (κ1) is 21.1. The average molecular weight is 421 g/mol. The Morgan fingerprint density at radius 3 is 2.55 bits per heavy atom. The number of likely N-dealkylation sites (tertiary alicyclic amines) is 1. The van der Waals surface area contributed by atoms with Crippen LogP contribution in [0.2, 0.25) is 0 Å². The summed E-state index contributed by atoms with van der Waals surface area (Å²) in [6.45, 7) is 7.50. The van der Waals surface area contributed by atoms with Gasteiger partial charge in [-0.05, 0) is 37.5 Å². The van der Waals surface area contributed by atoms with Crippen LogP contribution in [0.5, 0.6) is 0 Å². The van der Waals surface area contributed by atoms with Gasteiger partial charge >= 0.3 is 0 Å². The van der Waals surface area contributed by atoms with Crippen molar-refractivity contribution in [2.24, 2.45) is 0 Å². The molecular weight excluding hydrogens is 392 g/mol. The fraction of sp³-hybridized carbons (Fsp3) is 0.478. The lowest BCUT2D eigenvalue weighted by Gasteiger charge is -2.32. The quantitative estimate of drug-likeness (QED) is 0.600. The predicted octanol–water partition coefficient (Wildman–Crippen LogP) is 3.69. The number of pyridine rings is 1. The van der Waals surface area contributed by atoms with Crippen molar-refractivity contribution in [3.63, 3.8) is 0 Å². The zero-order valence-corrected chi connectivity index (χ0v) is 18.3. The van der Waals surface area contributed by atoms with Crippen molar-refractivity contribution < 1.29 is 9.21 Å². The van der Waals surface area contributed by atoms with Crippen LogP contribution in [0.4, 0.5) is 0 Å². The highest BCUT2D eigenvalue weighted by atomic mass is 16.4.